The minimum atomic E-state index is -3.71. The summed E-state index contributed by atoms with van der Waals surface area (Å²) >= 11 is 0. The van der Waals surface area contributed by atoms with Crippen LogP contribution in [-0.2, 0) is 9.84 Å². The fraction of sp³-hybridized carbons (Fsp3) is 0.417. The third-order valence-corrected chi connectivity index (χ3v) is 7.17. The number of benzene rings is 2. The van der Waals surface area contributed by atoms with E-state index in [4.69, 9.17) is 9.15 Å². The molecule has 0 saturated carbocycles. The average molecular weight is 461 g/mol. The molecule has 32 heavy (non-hydrogen) atoms. The van der Waals surface area contributed by atoms with E-state index >= 15 is 0 Å². The number of carboxylic acids is 1. The largest absolute Gasteiger partial charge is 0.494 e. The van der Waals surface area contributed by atoms with Crippen molar-refractivity contribution in [1.82, 2.24) is 0 Å². The molecule has 0 radical (unpaired) electrons. The Hall–Kier alpha value is -2.87. The van der Waals surface area contributed by atoms with Crippen LogP contribution in [0.1, 0.15) is 62.7 Å². The van der Waals surface area contributed by atoms with Gasteiger partial charge in [-0.1, -0.05) is 46.0 Å². The summed E-state index contributed by atoms with van der Waals surface area (Å²) in [6, 6.07) is 6.79. The molecule has 0 saturated heterocycles. The molecular weight excluding hydrogens is 432 g/mol. The van der Waals surface area contributed by atoms with Gasteiger partial charge in [-0.05, 0) is 30.7 Å². The first kappa shape index (κ1) is 23.8. The maximum absolute atomic E-state index is 13.2. The van der Waals surface area contributed by atoms with Crippen LogP contribution < -0.4 is 10.2 Å². The van der Waals surface area contributed by atoms with E-state index < -0.39 is 21.2 Å². The van der Waals surface area contributed by atoms with E-state index in [9.17, 15) is 23.1 Å². The summed E-state index contributed by atoms with van der Waals surface area (Å²) in [5.74, 6) is -1.06. The molecule has 8 heteroatoms. The van der Waals surface area contributed by atoms with Crippen LogP contribution in [0.25, 0.3) is 21.9 Å². The molecule has 172 valence electrons. The highest BCUT2D eigenvalue weighted by Gasteiger charge is 2.22. The predicted octanol–water partition coefficient (Wildman–Crippen LogP) is 5.18. The summed E-state index contributed by atoms with van der Waals surface area (Å²) < 4.78 is 37.1. The smallest absolute Gasteiger partial charge is 0.335 e. The molecule has 0 bridgehead atoms. The van der Waals surface area contributed by atoms with E-state index in [0.717, 1.165) is 19.3 Å². The molecule has 1 aromatic heterocycles. The average Bonchev–Trinajstić information content (AvgIpc) is 2.78. The first-order valence-corrected chi connectivity index (χ1v) is 12.6. The molecule has 7 nitrogen and oxygen atoms in total. The Kier molecular flexibility index (Phi) is 7.56. The molecule has 0 fully saturated rings. The molecule has 2 aromatic carbocycles. The van der Waals surface area contributed by atoms with Crippen molar-refractivity contribution in [3.8, 4) is 5.75 Å². The summed E-state index contributed by atoms with van der Waals surface area (Å²) in [5, 5.41) is 9.35. The van der Waals surface area contributed by atoms with Gasteiger partial charge in [0.05, 0.1) is 28.7 Å². The summed E-state index contributed by atoms with van der Waals surface area (Å²) in [7, 11) is -3.71. The van der Waals surface area contributed by atoms with Gasteiger partial charge in [0.2, 0.25) is 5.43 Å². The summed E-state index contributed by atoms with van der Waals surface area (Å²) in [4.78, 5) is 24.4. The Balaban J connectivity index is 2.04. The molecule has 0 aliphatic rings. The molecule has 3 rings (SSSR count). The van der Waals surface area contributed by atoms with Gasteiger partial charge in [0.25, 0.3) is 0 Å². The van der Waals surface area contributed by atoms with Crippen LogP contribution in [0.4, 0.5) is 0 Å². The van der Waals surface area contributed by atoms with Crippen molar-refractivity contribution in [2.24, 2.45) is 0 Å². The van der Waals surface area contributed by atoms with Gasteiger partial charge >= 0.3 is 5.97 Å². The molecule has 0 spiro atoms. The summed E-state index contributed by atoms with van der Waals surface area (Å²) in [6.07, 6.45) is 6.51. The third kappa shape index (κ3) is 5.12. The van der Waals surface area contributed by atoms with Gasteiger partial charge in [-0.15, -0.1) is 0 Å². The Morgan fingerprint density at radius 3 is 2.41 bits per heavy atom. The number of hydrogen-bond donors (Lipinski definition) is 1. The zero-order valence-corrected chi connectivity index (χ0v) is 19.2. The van der Waals surface area contributed by atoms with E-state index in [1.54, 1.807) is 0 Å². The standard InChI is InChI=1S/C24H28O7S/c1-3-5-6-7-8-9-12-30-17-14-19-22(25)18-13-16(24(26)27)10-11-20(18)31-23(19)21(15-17)32(28,29)4-2/h10-11,13-15H,3-9,12H2,1-2H3,(H,26,27). The maximum atomic E-state index is 13.2. The zero-order chi connectivity index (χ0) is 23.3. The summed E-state index contributed by atoms with van der Waals surface area (Å²) in [5.41, 5.74) is -0.469. The van der Waals surface area contributed by atoms with Crippen molar-refractivity contribution in [2.75, 3.05) is 12.4 Å². The van der Waals surface area contributed by atoms with Crippen LogP contribution in [-0.4, -0.2) is 31.9 Å². The zero-order valence-electron chi connectivity index (χ0n) is 18.3. The molecule has 0 amide bonds. The highest BCUT2D eigenvalue weighted by molar-refractivity contribution is 7.91. The van der Waals surface area contributed by atoms with Crippen LogP contribution in [0.2, 0.25) is 0 Å². The second-order valence-corrected chi connectivity index (χ2v) is 10.0. The van der Waals surface area contributed by atoms with Gasteiger partial charge in [0.15, 0.2) is 15.4 Å². The Morgan fingerprint density at radius 1 is 1.00 bits per heavy atom. The van der Waals surface area contributed by atoms with Gasteiger partial charge in [0, 0.05) is 6.07 Å². The van der Waals surface area contributed by atoms with Crippen molar-refractivity contribution in [2.45, 2.75) is 57.3 Å². The Morgan fingerprint density at radius 2 is 1.72 bits per heavy atom. The molecule has 0 aliphatic heterocycles. The number of carbonyl (C=O) groups is 1. The number of hydrogen-bond acceptors (Lipinski definition) is 6. The Labute approximate surface area is 186 Å². The molecule has 3 aromatic rings. The van der Waals surface area contributed by atoms with E-state index in [1.165, 1.54) is 56.5 Å². The topological polar surface area (TPSA) is 111 Å². The number of carboxylic acid groups (broad SMARTS) is 1. The second-order valence-electron chi connectivity index (χ2n) is 7.77. The third-order valence-electron chi connectivity index (χ3n) is 5.44. The lowest BCUT2D eigenvalue weighted by atomic mass is 10.1. The van der Waals surface area contributed by atoms with E-state index in [0.29, 0.717) is 6.61 Å². The van der Waals surface area contributed by atoms with E-state index in [1.807, 2.05) is 0 Å². The molecular formula is C24H28O7S. The highest BCUT2D eigenvalue weighted by atomic mass is 32.2. The van der Waals surface area contributed by atoms with Gasteiger partial charge in [0.1, 0.15) is 16.2 Å². The first-order chi connectivity index (χ1) is 15.3. The van der Waals surface area contributed by atoms with Crippen molar-refractivity contribution >= 4 is 37.7 Å². The summed E-state index contributed by atoms with van der Waals surface area (Å²) in [6.45, 7) is 4.08. The predicted molar refractivity (Wildman–Crippen MR) is 124 cm³/mol. The lowest BCUT2D eigenvalue weighted by molar-refractivity contribution is 0.0697. The van der Waals surface area contributed by atoms with Gasteiger partial charge in [-0.3, -0.25) is 4.79 Å². The number of fused-ring (bicyclic) bond motifs is 2. The van der Waals surface area contributed by atoms with Gasteiger partial charge < -0.3 is 14.3 Å². The van der Waals surface area contributed by atoms with Crippen LogP contribution in [0.15, 0.2) is 44.4 Å². The SMILES string of the molecule is CCCCCCCCOc1cc(S(=O)(=O)CC)c2oc3ccc(C(=O)O)cc3c(=O)c2c1. The fourth-order valence-electron chi connectivity index (χ4n) is 3.58. The van der Waals surface area contributed by atoms with Crippen LogP contribution >= 0.6 is 0 Å². The van der Waals surface area contributed by atoms with Crippen molar-refractivity contribution in [3.63, 3.8) is 0 Å². The fourth-order valence-corrected chi connectivity index (χ4v) is 4.62. The van der Waals surface area contributed by atoms with Crippen LogP contribution in [0.5, 0.6) is 5.75 Å². The molecule has 1 N–H and O–H groups in total. The minimum absolute atomic E-state index is 0.0423. The number of ether oxygens (including phenoxy) is 1. The second kappa shape index (κ2) is 10.2. The molecule has 0 atom stereocenters. The number of rotatable bonds is 11. The van der Waals surface area contributed by atoms with Crippen molar-refractivity contribution in [1.29, 1.82) is 0 Å². The monoisotopic (exact) mass is 460 g/mol. The highest BCUT2D eigenvalue weighted by Crippen LogP contribution is 2.31. The van der Waals surface area contributed by atoms with E-state index in [2.05, 4.69) is 6.92 Å². The molecule has 1 heterocycles. The van der Waals surface area contributed by atoms with Crippen LogP contribution in [0, 0.1) is 0 Å². The Bertz CT molecular complexity index is 1290. The normalized spacial score (nSPS) is 11.8. The first-order valence-electron chi connectivity index (χ1n) is 10.9. The molecule has 0 aliphatic carbocycles. The lowest BCUT2D eigenvalue weighted by Gasteiger charge is -2.12. The maximum Gasteiger partial charge on any atom is 0.335 e. The lowest BCUT2D eigenvalue weighted by Crippen LogP contribution is -2.10. The van der Waals surface area contributed by atoms with Gasteiger partial charge in [-0.25, -0.2) is 13.2 Å². The van der Waals surface area contributed by atoms with Crippen LogP contribution in [0.3, 0.4) is 0 Å². The quantitative estimate of drug-likeness (QED) is 0.310. The number of sulfone groups is 1. The molecule has 0 unspecified atom stereocenters. The number of aromatic carboxylic acids is 1. The van der Waals surface area contributed by atoms with Gasteiger partial charge in [-0.2, -0.15) is 0 Å². The van der Waals surface area contributed by atoms with Crippen molar-refractivity contribution in [3.05, 3.63) is 46.1 Å². The van der Waals surface area contributed by atoms with Crippen molar-refractivity contribution < 1.29 is 27.5 Å². The van der Waals surface area contributed by atoms with E-state index in [-0.39, 0.29) is 43.9 Å². The number of unbranched alkanes of at least 4 members (excludes halogenated alkanes) is 5. The minimum Gasteiger partial charge on any atom is -0.494 e.